The highest BCUT2D eigenvalue weighted by molar-refractivity contribution is 5.97. The van der Waals surface area contributed by atoms with E-state index in [9.17, 15) is 4.79 Å². The molecule has 1 aliphatic rings. The van der Waals surface area contributed by atoms with Crippen molar-refractivity contribution in [3.05, 3.63) is 47.1 Å². The fraction of sp³-hybridized carbons (Fsp3) is 0.368. The molecular formula is C19H21N5O2. The Morgan fingerprint density at radius 1 is 0.962 bits per heavy atom. The van der Waals surface area contributed by atoms with Gasteiger partial charge in [-0.05, 0) is 38.1 Å². The molecule has 2 aromatic heterocycles. The number of anilines is 1. The normalized spacial score (nSPS) is 14.9. The lowest BCUT2D eigenvalue weighted by atomic mass is 10.1. The maximum Gasteiger partial charge on any atom is 0.254 e. The van der Waals surface area contributed by atoms with Crippen molar-refractivity contribution in [1.29, 1.82) is 0 Å². The number of aryl methyl sites for hydroxylation is 3. The highest BCUT2D eigenvalue weighted by Gasteiger charge is 2.24. The second kappa shape index (κ2) is 6.40. The fourth-order valence-corrected chi connectivity index (χ4v) is 3.31. The van der Waals surface area contributed by atoms with Crippen LogP contribution in [0.4, 0.5) is 5.95 Å². The molecule has 3 aromatic rings. The van der Waals surface area contributed by atoms with Crippen molar-refractivity contribution in [3.8, 4) is 0 Å². The minimum absolute atomic E-state index is 0.0157. The Kier molecular flexibility index (Phi) is 4.06. The van der Waals surface area contributed by atoms with Crippen molar-refractivity contribution < 1.29 is 9.21 Å². The molecule has 1 amide bonds. The van der Waals surface area contributed by atoms with Gasteiger partial charge in [-0.2, -0.15) is 0 Å². The molecule has 0 aliphatic carbocycles. The molecule has 1 fully saturated rings. The molecule has 7 heteroatoms. The molecule has 1 aliphatic heterocycles. The van der Waals surface area contributed by atoms with Crippen LogP contribution >= 0.6 is 0 Å². The van der Waals surface area contributed by atoms with Crippen LogP contribution in [0.2, 0.25) is 0 Å². The smallest absolute Gasteiger partial charge is 0.254 e. The van der Waals surface area contributed by atoms with E-state index in [0.717, 1.165) is 35.9 Å². The van der Waals surface area contributed by atoms with Crippen molar-refractivity contribution in [2.24, 2.45) is 0 Å². The standard InChI is InChI=1S/C19H21N5O2/c1-12-10-13(2)21-19(20-12)24-8-6-23(7-9-24)18(25)15-4-5-16-17(11-15)26-14(3)22-16/h4-5,10-11H,6-9H2,1-3H3. The van der Waals surface area contributed by atoms with Crippen LogP contribution < -0.4 is 4.90 Å². The maximum atomic E-state index is 12.8. The Morgan fingerprint density at radius 2 is 1.65 bits per heavy atom. The lowest BCUT2D eigenvalue weighted by Crippen LogP contribution is -2.49. The monoisotopic (exact) mass is 351 g/mol. The van der Waals surface area contributed by atoms with E-state index in [1.165, 1.54) is 0 Å². The Labute approximate surface area is 151 Å². The van der Waals surface area contributed by atoms with Crippen LogP contribution in [0.15, 0.2) is 28.7 Å². The number of carbonyl (C=O) groups excluding carboxylic acids is 1. The summed E-state index contributed by atoms with van der Waals surface area (Å²) in [6.45, 7) is 8.47. The Balaban J connectivity index is 1.47. The van der Waals surface area contributed by atoms with Gasteiger partial charge in [0.1, 0.15) is 5.52 Å². The van der Waals surface area contributed by atoms with Gasteiger partial charge < -0.3 is 14.2 Å². The predicted molar refractivity (Wildman–Crippen MR) is 98.4 cm³/mol. The van der Waals surface area contributed by atoms with E-state index in [-0.39, 0.29) is 5.91 Å². The summed E-state index contributed by atoms with van der Waals surface area (Å²) in [6.07, 6.45) is 0. The summed E-state index contributed by atoms with van der Waals surface area (Å²) in [7, 11) is 0. The van der Waals surface area contributed by atoms with Crippen LogP contribution in [0.5, 0.6) is 0 Å². The molecule has 3 heterocycles. The zero-order valence-corrected chi connectivity index (χ0v) is 15.2. The lowest BCUT2D eigenvalue weighted by molar-refractivity contribution is 0.0746. The molecule has 4 rings (SSSR count). The van der Waals surface area contributed by atoms with Gasteiger partial charge in [-0.3, -0.25) is 4.79 Å². The van der Waals surface area contributed by atoms with E-state index >= 15 is 0 Å². The van der Waals surface area contributed by atoms with E-state index in [1.807, 2.05) is 36.9 Å². The van der Waals surface area contributed by atoms with Gasteiger partial charge in [0.05, 0.1) is 0 Å². The number of hydrogen-bond acceptors (Lipinski definition) is 6. The van der Waals surface area contributed by atoms with Crippen LogP contribution in [0.1, 0.15) is 27.6 Å². The van der Waals surface area contributed by atoms with Gasteiger partial charge in [-0.15, -0.1) is 0 Å². The summed E-state index contributed by atoms with van der Waals surface area (Å²) in [4.78, 5) is 30.1. The Hall–Kier alpha value is -2.96. The van der Waals surface area contributed by atoms with E-state index in [1.54, 1.807) is 13.0 Å². The van der Waals surface area contributed by atoms with E-state index < -0.39 is 0 Å². The van der Waals surface area contributed by atoms with Crippen molar-refractivity contribution in [2.45, 2.75) is 20.8 Å². The zero-order chi connectivity index (χ0) is 18.3. The summed E-state index contributed by atoms with van der Waals surface area (Å²) in [6, 6.07) is 7.38. The second-order valence-corrected chi connectivity index (χ2v) is 6.65. The van der Waals surface area contributed by atoms with Gasteiger partial charge in [0, 0.05) is 50.1 Å². The number of rotatable bonds is 2. The van der Waals surface area contributed by atoms with Gasteiger partial charge in [0.2, 0.25) is 5.95 Å². The first kappa shape index (κ1) is 16.5. The topological polar surface area (TPSA) is 75.4 Å². The number of aromatic nitrogens is 3. The van der Waals surface area contributed by atoms with E-state index in [4.69, 9.17) is 4.42 Å². The van der Waals surface area contributed by atoms with Gasteiger partial charge >= 0.3 is 0 Å². The quantitative estimate of drug-likeness (QED) is 0.706. The van der Waals surface area contributed by atoms with Gasteiger partial charge in [0.25, 0.3) is 5.91 Å². The summed E-state index contributed by atoms with van der Waals surface area (Å²) < 4.78 is 5.54. The van der Waals surface area contributed by atoms with E-state index in [2.05, 4.69) is 19.9 Å². The number of piperazine rings is 1. The average molecular weight is 351 g/mol. The number of carbonyl (C=O) groups is 1. The first-order chi connectivity index (χ1) is 12.5. The molecule has 1 saturated heterocycles. The molecule has 0 unspecified atom stereocenters. The minimum Gasteiger partial charge on any atom is -0.441 e. The first-order valence-electron chi connectivity index (χ1n) is 8.73. The summed E-state index contributed by atoms with van der Waals surface area (Å²) >= 11 is 0. The number of nitrogens with zero attached hydrogens (tertiary/aromatic N) is 5. The van der Waals surface area contributed by atoms with Crippen molar-refractivity contribution >= 4 is 23.0 Å². The molecule has 0 bridgehead atoms. The molecule has 1 aromatic carbocycles. The second-order valence-electron chi connectivity index (χ2n) is 6.65. The Bertz CT molecular complexity index is 953. The third kappa shape index (κ3) is 3.12. The molecule has 26 heavy (non-hydrogen) atoms. The third-order valence-corrected chi connectivity index (χ3v) is 4.56. The molecule has 134 valence electrons. The van der Waals surface area contributed by atoms with E-state index in [0.29, 0.717) is 30.1 Å². The van der Waals surface area contributed by atoms with Crippen LogP contribution in [-0.2, 0) is 0 Å². The molecule has 0 N–H and O–H groups in total. The molecular weight excluding hydrogens is 330 g/mol. The number of fused-ring (bicyclic) bond motifs is 1. The molecule has 0 saturated carbocycles. The first-order valence-corrected chi connectivity index (χ1v) is 8.73. The van der Waals surface area contributed by atoms with Crippen molar-refractivity contribution in [3.63, 3.8) is 0 Å². The SMILES string of the molecule is Cc1cc(C)nc(N2CCN(C(=O)c3ccc4nc(C)oc4c3)CC2)n1. The summed E-state index contributed by atoms with van der Waals surface area (Å²) in [5.41, 5.74) is 3.97. The van der Waals surface area contributed by atoms with Crippen LogP contribution in [-0.4, -0.2) is 51.9 Å². The Morgan fingerprint density at radius 3 is 2.35 bits per heavy atom. The number of amides is 1. The van der Waals surface area contributed by atoms with Crippen LogP contribution in [0.3, 0.4) is 0 Å². The fourth-order valence-electron chi connectivity index (χ4n) is 3.31. The molecule has 0 spiro atoms. The average Bonchev–Trinajstić information content (AvgIpc) is 2.99. The zero-order valence-electron chi connectivity index (χ0n) is 15.2. The van der Waals surface area contributed by atoms with Crippen molar-refractivity contribution in [1.82, 2.24) is 19.9 Å². The van der Waals surface area contributed by atoms with Crippen LogP contribution in [0, 0.1) is 20.8 Å². The number of benzene rings is 1. The highest BCUT2D eigenvalue weighted by atomic mass is 16.3. The molecule has 0 atom stereocenters. The summed E-state index contributed by atoms with van der Waals surface area (Å²) in [5, 5.41) is 0. The summed E-state index contributed by atoms with van der Waals surface area (Å²) in [5.74, 6) is 1.36. The predicted octanol–water partition coefficient (Wildman–Crippen LogP) is 2.51. The highest BCUT2D eigenvalue weighted by Crippen LogP contribution is 2.19. The van der Waals surface area contributed by atoms with Crippen molar-refractivity contribution in [2.75, 3.05) is 31.1 Å². The minimum atomic E-state index is 0.0157. The molecule has 7 nitrogen and oxygen atoms in total. The van der Waals surface area contributed by atoms with Crippen LogP contribution in [0.25, 0.3) is 11.1 Å². The van der Waals surface area contributed by atoms with Gasteiger partial charge in [0.15, 0.2) is 11.5 Å². The van der Waals surface area contributed by atoms with Gasteiger partial charge in [-0.25, -0.2) is 15.0 Å². The third-order valence-electron chi connectivity index (χ3n) is 4.56. The lowest BCUT2D eigenvalue weighted by Gasteiger charge is -2.35. The number of hydrogen-bond donors (Lipinski definition) is 0. The van der Waals surface area contributed by atoms with Gasteiger partial charge in [-0.1, -0.05) is 0 Å². The largest absolute Gasteiger partial charge is 0.441 e. The maximum absolute atomic E-state index is 12.8. The number of oxazole rings is 1. The molecule has 0 radical (unpaired) electrons.